The third-order valence-corrected chi connectivity index (χ3v) is 4.12. The number of hydrogen-bond acceptors (Lipinski definition) is 4. The average molecular weight is 271 g/mol. The molecule has 6 heteroatoms. The Morgan fingerprint density at radius 3 is 2.80 bits per heavy atom. The van der Waals surface area contributed by atoms with E-state index in [1.165, 1.54) is 6.20 Å². The van der Waals surface area contributed by atoms with E-state index in [0.29, 0.717) is 11.2 Å². The highest BCUT2D eigenvalue weighted by Gasteiger charge is 2.24. The summed E-state index contributed by atoms with van der Waals surface area (Å²) in [7, 11) is 0. The minimum atomic E-state index is -0.453. The summed E-state index contributed by atoms with van der Waals surface area (Å²) in [5.74, 6) is -0.237. The Morgan fingerprint density at radius 1 is 1.20 bits per heavy atom. The zero-order chi connectivity index (χ0) is 13.7. The van der Waals surface area contributed by atoms with E-state index in [9.17, 15) is 4.39 Å². The number of pyridine rings is 1. The molecule has 0 bridgehead atoms. The second kappa shape index (κ2) is 4.13. The summed E-state index contributed by atoms with van der Waals surface area (Å²) in [4.78, 5) is 12.2. The summed E-state index contributed by atoms with van der Waals surface area (Å²) >= 11 is 0. The van der Waals surface area contributed by atoms with Gasteiger partial charge in [0.1, 0.15) is 11.2 Å². The average Bonchev–Trinajstić information content (AvgIpc) is 3.04. The standard InChI is InChI=1S/C14H14FN5/c15-12-11-9(5-6-17-12)10-7-18-14(16)19-13(10)20(11)8-3-1-2-4-8/h5-8H,1-4H2,(H2,16,18,19). The molecule has 1 aliphatic rings. The lowest BCUT2D eigenvalue weighted by molar-refractivity contribution is 0.526. The van der Waals surface area contributed by atoms with Crippen LogP contribution in [0.2, 0.25) is 0 Å². The Bertz CT molecular complexity index is 804. The van der Waals surface area contributed by atoms with Gasteiger partial charge < -0.3 is 10.3 Å². The van der Waals surface area contributed by atoms with Crippen LogP contribution in [0.25, 0.3) is 21.9 Å². The summed E-state index contributed by atoms with van der Waals surface area (Å²) < 4.78 is 16.2. The van der Waals surface area contributed by atoms with Crippen LogP contribution in [0, 0.1) is 5.95 Å². The monoisotopic (exact) mass is 271 g/mol. The number of rotatable bonds is 1. The zero-order valence-electron chi connectivity index (χ0n) is 10.9. The van der Waals surface area contributed by atoms with Gasteiger partial charge in [-0.05, 0) is 18.9 Å². The van der Waals surface area contributed by atoms with E-state index in [-0.39, 0.29) is 12.0 Å². The van der Waals surface area contributed by atoms with Crippen LogP contribution in [-0.2, 0) is 0 Å². The SMILES string of the molecule is Nc1ncc2c3ccnc(F)c3n(C3CCCC3)c2n1. The minimum absolute atomic E-state index is 0.216. The van der Waals surface area contributed by atoms with Crippen LogP contribution in [0.1, 0.15) is 31.7 Å². The van der Waals surface area contributed by atoms with Crippen molar-refractivity contribution in [1.82, 2.24) is 19.5 Å². The molecule has 0 atom stereocenters. The summed E-state index contributed by atoms with van der Waals surface area (Å²) in [5.41, 5.74) is 6.94. The van der Waals surface area contributed by atoms with Crippen LogP contribution < -0.4 is 5.73 Å². The van der Waals surface area contributed by atoms with Gasteiger partial charge in [0.25, 0.3) is 0 Å². The molecule has 1 fully saturated rings. The van der Waals surface area contributed by atoms with Crippen LogP contribution in [0.5, 0.6) is 0 Å². The van der Waals surface area contributed by atoms with Crippen LogP contribution >= 0.6 is 0 Å². The zero-order valence-corrected chi connectivity index (χ0v) is 10.9. The van der Waals surface area contributed by atoms with E-state index in [0.717, 1.165) is 36.5 Å². The maximum Gasteiger partial charge on any atom is 0.237 e. The topological polar surface area (TPSA) is 69.6 Å². The number of nitrogen functional groups attached to an aromatic ring is 1. The van der Waals surface area contributed by atoms with Gasteiger partial charge in [-0.15, -0.1) is 0 Å². The fraction of sp³-hybridized carbons (Fsp3) is 0.357. The summed E-state index contributed by atoms with van der Waals surface area (Å²) in [5, 5.41) is 1.64. The Balaban J connectivity index is 2.17. The van der Waals surface area contributed by atoms with Gasteiger partial charge in [0.05, 0.1) is 0 Å². The smallest absolute Gasteiger partial charge is 0.237 e. The molecule has 20 heavy (non-hydrogen) atoms. The first kappa shape index (κ1) is 11.6. The second-order valence-corrected chi connectivity index (χ2v) is 5.27. The third kappa shape index (κ3) is 1.51. The molecule has 5 nitrogen and oxygen atoms in total. The van der Waals surface area contributed by atoms with E-state index in [1.807, 2.05) is 10.6 Å². The van der Waals surface area contributed by atoms with Gasteiger partial charge in [0, 0.05) is 29.2 Å². The van der Waals surface area contributed by atoms with Gasteiger partial charge in [-0.3, -0.25) is 0 Å². The predicted octanol–water partition coefficient (Wildman–Crippen LogP) is 2.82. The number of aromatic nitrogens is 4. The van der Waals surface area contributed by atoms with E-state index in [1.54, 1.807) is 6.20 Å². The number of halogens is 1. The van der Waals surface area contributed by atoms with Crippen LogP contribution in [0.3, 0.4) is 0 Å². The molecule has 3 heterocycles. The predicted molar refractivity (Wildman–Crippen MR) is 74.7 cm³/mol. The lowest BCUT2D eigenvalue weighted by Crippen LogP contribution is -2.07. The van der Waals surface area contributed by atoms with Gasteiger partial charge in [0.2, 0.25) is 11.9 Å². The molecular weight excluding hydrogens is 257 g/mol. The van der Waals surface area contributed by atoms with E-state index in [2.05, 4.69) is 15.0 Å². The molecule has 0 amide bonds. The van der Waals surface area contributed by atoms with E-state index in [4.69, 9.17) is 5.73 Å². The highest BCUT2D eigenvalue weighted by molar-refractivity contribution is 6.06. The van der Waals surface area contributed by atoms with Crippen molar-refractivity contribution in [2.45, 2.75) is 31.7 Å². The van der Waals surface area contributed by atoms with Crippen molar-refractivity contribution in [2.75, 3.05) is 5.73 Å². The first-order chi connectivity index (χ1) is 9.75. The molecule has 1 saturated carbocycles. The van der Waals surface area contributed by atoms with E-state index < -0.39 is 5.95 Å². The van der Waals surface area contributed by atoms with Crippen molar-refractivity contribution < 1.29 is 4.39 Å². The fourth-order valence-electron chi connectivity index (χ4n) is 3.26. The molecule has 0 spiro atoms. The highest BCUT2D eigenvalue weighted by atomic mass is 19.1. The molecule has 0 saturated heterocycles. The summed E-state index contributed by atoms with van der Waals surface area (Å²) in [6.45, 7) is 0. The quantitative estimate of drug-likeness (QED) is 0.691. The Labute approximate surface area is 114 Å². The fourth-order valence-corrected chi connectivity index (χ4v) is 3.26. The molecule has 0 aromatic carbocycles. The number of nitrogens with two attached hydrogens (primary N) is 1. The number of anilines is 1. The first-order valence-corrected chi connectivity index (χ1v) is 6.82. The number of fused-ring (bicyclic) bond motifs is 3. The number of hydrogen-bond donors (Lipinski definition) is 1. The molecule has 102 valence electrons. The maximum atomic E-state index is 14.2. The Kier molecular flexibility index (Phi) is 2.39. The Morgan fingerprint density at radius 2 is 2.00 bits per heavy atom. The molecule has 4 rings (SSSR count). The van der Waals surface area contributed by atoms with E-state index >= 15 is 0 Å². The number of nitrogens with zero attached hydrogens (tertiary/aromatic N) is 4. The van der Waals surface area contributed by atoms with Crippen LogP contribution in [-0.4, -0.2) is 19.5 Å². The lowest BCUT2D eigenvalue weighted by atomic mass is 10.2. The second-order valence-electron chi connectivity index (χ2n) is 5.27. The largest absolute Gasteiger partial charge is 0.368 e. The third-order valence-electron chi connectivity index (χ3n) is 4.12. The lowest BCUT2D eigenvalue weighted by Gasteiger charge is -2.14. The molecule has 0 unspecified atom stereocenters. The van der Waals surface area contributed by atoms with Crippen molar-refractivity contribution in [3.8, 4) is 0 Å². The summed E-state index contributed by atoms with van der Waals surface area (Å²) in [6.07, 6.45) is 7.55. The van der Waals surface area contributed by atoms with Gasteiger partial charge >= 0.3 is 0 Å². The molecule has 2 N–H and O–H groups in total. The van der Waals surface area contributed by atoms with Crippen molar-refractivity contribution in [3.05, 3.63) is 24.4 Å². The van der Waals surface area contributed by atoms with Crippen molar-refractivity contribution in [2.24, 2.45) is 0 Å². The normalized spacial score (nSPS) is 16.4. The van der Waals surface area contributed by atoms with Crippen molar-refractivity contribution in [1.29, 1.82) is 0 Å². The van der Waals surface area contributed by atoms with Crippen LogP contribution in [0.4, 0.5) is 10.3 Å². The highest BCUT2D eigenvalue weighted by Crippen LogP contribution is 2.38. The van der Waals surface area contributed by atoms with Crippen molar-refractivity contribution >= 4 is 27.9 Å². The van der Waals surface area contributed by atoms with Gasteiger partial charge in [-0.25, -0.2) is 9.97 Å². The molecule has 3 aromatic rings. The van der Waals surface area contributed by atoms with Gasteiger partial charge in [-0.2, -0.15) is 9.37 Å². The van der Waals surface area contributed by atoms with Gasteiger partial charge in [0.15, 0.2) is 0 Å². The first-order valence-electron chi connectivity index (χ1n) is 6.82. The van der Waals surface area contributed by atoms with Crippen LogP contribution in [0.15, 0.2) is 18.5 Å². The minimum Gasteiger partial charge on any atom is -0.368 e. The Hall–Kier alpha value is -2.24. The summed E-state index contributed by atoms with van der Waals surface area (Å²) in [6, 6.07) is 2.08. The molecule has 3 aromatic heterocycles. The van der Waals surface area contributed by atoms with Crippen molar-refractivity contribution in [3.63, 3.8) is 0 Å². The molecule has 0 radical (unpaired) electrons. The molecule has 1 aliphatic carbocycles. The molecular formula is C14H14FN5. The maximum absolute atomic E-state index is 14.2. The molecule has 0 aliphatic heterocycles. The van der Waals surface area contributed by atoms with Gasteiger partial charge in [-0.1, -0.05) is 12.8 Å².